The molecule has 0 bridgehead atoms. The highest BCUT2D eigenvalue weighted by molar-refractivity contribution is 5.32. The molecule has 0 aliphatic rings. The molecule has 0 fully saturated rings. The first kappa shape index (κ1) is 18.3. The maximum absolute atomic E-state index is 4.68. The van der Waals surface area contributed by atoms with Crippen LogP contribution in [0.3, 0.4) is 0 Å². The van der Waals surface area contributed by atoms with Crippen LogP contribution in [0.2, 0.25) is 0 Å². The number of nitrogens with zero attached hydrogens (tertiary/aromatic N) is 5. The van der Waals surface area contributed by atoms with Crippen LogP contribution >= 0.6 is 0 Å². The molecule has 0 amide bonds. The van der Waals surface area contributed by atoms with Gasteiger partial charge < -0.3 is 5.32 Å². The van der Waals surface area contributed by atoms with E-state index in [2.05, 4.69) is 48.2 Å². The minimum Gasteiger partial charge on any atom is -0.308 e. The van der Waals surface area contributed by atoms with Gasteiger partial charge in [-0.3, -0.25) is 4.68 Å². The van der Waals surface area contributed by atoms with E-state index < -0.39 is 0 Å². The SMILES string of the molecule is CCc1nn(C)c(CC)c1CNCc1c(C)nn(-c2ccccn2)c1C. The normalized spacial score (nSPS) is 11.3. The summed E-state index contributed by atoms with van der Waals surface area (Å²) in [5.74, 6) is 0.855. The summed E-state index contributed by atoms with van der Waals surface area (Å²) in [7, 11) is 2.03. The third-order valence-electron chi connectivity index (χ3n) is 4.94. The molecule has 138 valence electrons. The zero-order valence-corrected chi connectivity index (χ0v) is 16.4. The summed E-state index contributed by atoms with van der Waals surface area (Å²) in [5.41, 5.74) is 7.24. The Labute approximate surface area is 155 Å². The van der Waals surface area contributed by atoms with Crippen LogP contribution in [-0.2, 0) is 33.0 Å². The van der Waals surface area contributed by atoms with E-state index in [1.807, 2.05) is 34.6 Å². The van der Waals surface area contributed by atoms with Crippen LogP contribution in [0.25, 0.3) is 5.82 Å². The molecule has 3 heterocycles. The predicted octanol–water partition coefficient (Wildman–Crippen LogP) is 3.03. The van der Waals surface area contributed by atoms with Gasteiger partial charge in [0.1, 0.15) is 0 Å². The van der Waals surface area contributed by atoms with Crippen molar-refractivity contribution in [1.29, 1.82) is 0 Å². The predicted molar refractivity (Wildman–Crippen MR) is 103 cm³/mol. The Hall–Kier alpha value is -2.47. The van der Waals surface area contributed by atoms with Gasteiger partial charge in [-0.25, -0.2) is 9.67 Å². The Kier molecular flexibility index (Phi) is 5.52. The number of rotatable bonds is 7. The van der Waals surface area contributed by atoms with Crippen molar-refractivity contribution >= 4 is 0 Å². The standard InChI is InChI=1S/C20H28N6/c1-6-18-17(19(7-2)25(5)24-18)13-21-12-16-14(3)23-26(15(16)4)20-10-8-9-11-22-20/h8-11,21H,6-7,12-13H2,1-5H3. The average Bonchev–Trinajstić information content (AvgIpc) is 3.12. The Bertz CT molecular complexity index is 876. The summed E-state index contributed by atoms with van der Waals surface area (Å²) in [6.07, 6.45) is 3.75. The molecule has 6 nitrogen and oxygen atoms in total. The van der Waals surface area contributed by atoms with E-state index in [1.54, 1.807) is 6.20 Å². The first-order valence-electron chi connectivity index (χ1n) is 9.27. The van der Waals surface area contributed by atoms with Gasteiger partial charge in [0.25, 0.3) is 0 Å². The number of hydrogen-bond donors (Lipinski definition) is 1. The van der Waals surface area contributed by atoms with Gasteiger partial charge in [-0.15, -0.1) is 0 Å². The Morgan fingerprint density at radius 2 is 1.77 bits per heavy atom. The summed E-state index contributed by atoms with van der Waals surface area (Å²) in [6, 6.07) is 5.88. The molecule has 0 saturated heterocycles. The Morgan fingerprint density at radius 3 is 2.42 bits per heavy atom. The molecule has 0 aliphatic heterocycles. The Morgan fingerprint density at radius 1 is 1.00 bits per heavy atom. The molecule has 3 rings (SSSR count). The molecule has 0 atom stereocenters. The number of pyridine rings is 1. The molecule has 0 aliphatic carbocycles. The van der Waals surface area contributed by atoms with Gasteiger partial charge in [-0.1, -0.05) is 19.9 Å². The van der Waals surface area contributed by atoms with Gasteiger partial charge >= 0.3 is 0 Å². The minimum absolute atomic E-state index is 0.783. The number of nitrogens with one attached hydrogen (secondary N) is 1. The highest BCUT2D eigenvalue weighted by Gasteiger charge is 2.16. The van der Waals surface area contributed by atoms with Crippen LogP contribution in [0.15, 0.2) is 24.4 Å². The van der Waals surface area contributed by atoms with Crippen molar-refractivity contribution in [2.75, 3.05) is 0 Å². The monoisotopic (exact) mass is 352 g/mol. The van der Waals surface area contributed by atoms with Gasteiger partial charge in [-0.2, -0.15) is 10.2 Å². The summed E-state index contributed by atoms with van der Waals surface area (Å²) in [5, 5.41) is 12.9. The van der Waals surface area contributed by atoms with Crippen LogP contribution in [0.4, 0.5) is 0 Å². The lowest BCUT2D eigenvalue weighted by Gasteiger charge is -2.08. The molecule has 0 aromatic carbocycles. The van der Waals surface area contributed by atoms with Gasteiger partial charge in [0.05, 0.1) is 11.4 Å². The van der Waals surface area contributed by atoms with Crippen molar-refractivity contribution in [3.63, 3.8) is 0 Å². The third-order valence-corrected chi connectivity index (χ3v) is 4.94. The molecule has 0 unspecified atom stereocenters. The van der Waals surface area contributed by atoms with Gasteiger partial charge in [0, 0.05) is 48.8 Å². The van der Waals surface area contributed by atoms with E-state index in [9.17, 15) is 0 Å². The lowest BCUT2D eigenvalue weighted by atomic mass is 10.1. The van der Waals surface area contributed by atoms with Crippen molar-refractivity contribution < 1.29 is 0 Å². The fraction of sp³-hybridized carbons (Fsp3) is 0.450. The molecule has 1 N–H and O–H groups in total. The minimum atomic E-state index is 0.783. The average molecular weight is 352 g/mol. The first-order chi connectivity index (χ1) is 12.6. The quantitative estimate of drug-likeness (QED) is 0.710. The maximum Gasteiger partial charge on any atom is 0.153 e. The molecule has 0 radical (unpaired) electrons. The van der Waals surface area contributed by atoms with Crippen LogP contribution < -0.4 is 5.32 Å². The number of hydrogen-bond acceptors (Lipinski definition) is 4. The number of aromatic nitrogens is 5. The molecule has 3 aromatic heterocycles. The highest BCUT2D eigenvalue weighted by atomic mass is 15.3. The van der Waals surface area contributed by atoms with Crippen LogP contribution in [0, 0.1) is 13.8 Å². The molecular weight excluding hydrogens is 324 g/mol. The molecule has 0 saturated carbocycles. The summed E-state index contributed by atoms with van der Waals surface area (Å²) >= 11 is 0. The van der Waals surface area contributed by atoms with Crippen molar-refractivity contribution in [2.45, 2.75) is 53.6 Å². The zero-order chi connectivity index (χ0) is 18.7. The van der Waals surface area contributed by atoms with E-state index in [0.29, 0.717) is 0 Å². The fourth-order valence-corrected chi connectivity index (χ4v) is 3.54. The first-order valence-corrected chi connectivity index (χ1v) is 9.27. The molecular formula is C20H28N6. The molecule has 6 heteroatoms. The molecule has 3 aromatic rings. The van der Waals surface area contributed by atoms with Crippen LogP contribution in [-0.4, -0.2) is 24.5 Å². The van der Waals surface area contributed by atoms with Crippen LogP contribution in [0.1, 0.15) is 47.8 Å². The lowest BCUT2D eigenvalue weighted by Crippen LogP contribution is -2.16. The largest absolute Gasteiger partial charge is 0.308 e. The fourth-order valence-electron chi connectivity index (χ4n) is 3.54. The van der Waals surface area contributed by atoms with Gasteiger partial charge in [-0.05, 0) is 38.8 Å². The maximum atomic E-state index is 4.68. The van der Waals surface area contributed by atoms with Gasteiger partial charge in [0.2, 0.25) is 0 Å². The molecule has 26 heavy (non-hydrogen) atoms. The van der Waals surface area contributed by atoms with Gasteiger partial charge in [0.15, 0.2) is 5.82 Å². The smallest absolute Gasteiger partial charge is 0.153 e. The van der Waals surface area contributed by atoms with Crippen molar-refractivity contribution in [2.24, 2.45) is 7.05 Å². The number of aryl methyl sites for hydroxylation is 3. The third kappa shape index (κ3) is 3.42. The zero-order valence-electron chi connectivity index (χ0n) is 16.4. The van der Waals surface area contributed by atoms with Crippen molar-refractivity contribution in [3.8, 4) is 5.82 Å². The second-order valence-corrected chi connectivity index (χ2v) is 6.56. The van der Waals surface area contributed by atoms with E-state index >= 15 is 0 Å². The van der Waals surface area contributed by atoms with E-state index in [4.69, 9.17) is 0 Å². The van der Waals surface area contributed by atoms with Crippen molar-refractivity contribution in [3.05, 3.63) is 58.3 Å². The Balaban J connectivity index is 1.77. The van der Waals surface area contributed by atoms with E-state index in [0.717, 1.165) is 43.1 Å². The van der Waals surface area contributed by atoms with Crippen molar-refractivity contribution in [1.82, 2.24) is 29.9 Å². The topological polar surface area (TPSA) is 60.6 Å². The summed E-state index contributed by atoms with van der Waals surface area (Å²) in [6.45, 7) is 10.1. The summed E-state index contributed by atoms with van der Waals surface area (Å²) < 4.78 is 3.94. The highest BCUT2D eigenvalue weighted by Crippen LogP contribution is 2.18. The molecule has 0 spiro atoms. The van der Waals surface area contributed by atoms with E-state index in [1.165, 1.54) is 22.5 Å². The summed E-state index contributed by atoms with van der Waals surface area (Å²) in [4.78, 5) is 4.41. The second kappa shape index (κ2) is 7.83. The lowest BCUT2D eigenvalue weighted by molar-refractivity contribution is 0.671. The second-order valence-electron chi connectivity index (χ2n) is 6.56. The van der Waals surface area contributed by atoms with Crippen LogP contribution in [0.5, 0.6) is 0 Å². The van der Waals surface area contributed by atoms with E-state index in [-0.39, 0.29) is 0 Å².